The summed E-state index contributed by atoms with van der Waals surface area (Å²) in [5.41, 5.74) is 2.29. The number of nitrogens with zero attached hydrogens (tertiary/aromatic N) is 1. The van der Waals surface area contributed by atoms with Crippen molar-refractivity contribution in [3.8, 4) is 11.8 Å². The summed E-state index contributed by atoms with van der Waals surface area (Å²) in [6.45, 7) is 8.83. The van der Waals surface area contributed by atoms with Crippen LogP contribution in [-0.4, -0.2) is 29.2 Å². The molecular weight excluding hydrogens is 246 g/mol. The minimum absolute atomic E-state index is 0.0830. The minimum atomic E-state index is -0.0830. The van der Waals surface area contributed by atoms with Crippen LogP contribution in [0.5, 0.6) is 0 Å². The van der Waals surface area contributed by atoms with Crippen LogP contribution in [0.25, 0.3) is 0 Å². The molecule has 1 rings (SSSR count). The second-order valence-corrected chi connectivity index (χ2v) is 5.43. The summed E-state index contributed by atoms with van der Waals surface area (Å²) in [5.74, 6) is 5.60. The van der Waals surface area contributed by atoms with Crippen molar-refractivity contribution in [2.24, 2.45) is 0 Å². The van der Waals surface area contributed by atoms with E-state index >= 15 is 0 Å². The van der Waals surface area contributed by atoms with E-state index < -0.39 is 0 Å². The van der Waals surface area contributed by atoms with Crippen LogP contribution in [0.4, 0.5) is 0 Å². The summed E-state index contributed by atoms with van der Waals surface area (Å²) in [6, 6.07) is 8.90. The first-order valence-electron chi connectivity index (χ1n) is 7.60. The van der Waals surface area contributed by atoms with Crippen LogP contribution in [0.15, 0.2) is 24.3 Å². The van der Waals surface area contributed by atoms with E-state index in [-0.39, 0.29) is 6.61 Å². The average molecular weight is 273 g/mol. The molecule has 0 aromatic heterocycles. The topological polar surface area (TPSA) is 23.5 Å². The molecular formula is C18H27NO. The van der Waals surface area contributed by atoms with Gasteiger partial charge in [0.2, 0.25) is 0 Å². The van der Waals surface area contributed by atoms with Gasteiger partial charge in [0.25, 0.3) is 0 Å². The van der Waals surface area contributed by atoms with Crippen molar-refractivity contribution in [1.82, 2.24) is 4.90 Å². The lowest BCUT2D eigenvalue weighted by molar-refractivity contribution is 0.208. The van der Waals surface area contributed by atoms with Gasteiger partial charge in [-0.05, 0) is 44.5 Å². The molecule has 110 valence electrons. The molecule has 0 heterocycles. The van der Waals surface area contributed by atoms with Gasteiger partial charge in [0.05, 0.1) is 0 Å². The van der Waals surface area contributed by atoms with Gasteiger partial charge in [-0.3, -0.25) is 4.90 Å². The van der Waals surface area contributed by atoms with E-state index in [1.54, 1.807) is 0 Å². The van der Waals surface area contributed by atoms with Gasteiger partial charge in [0.1, 0.15) is 6.61 Å². The van der Waals surface area contributed by atoms with Crippen molar-refractivity contribution in [2.45, 2.75) is 52.6 Å². The molecule has 0 amide bonds. The molecule has 0 aliphatic carbocycles. The summed E-state index contributed by atoms with van der Waals surface area (Å²) in [7, 11) is 0. The second kappa shape index (κ2) is 9.58. The lowest BCUT2D eigenvalue weighted by Gasteiger charge is -2.26. The summed E-state index contributed by atoms with van der Waals surface area (Å²) in [5, 5.41) is 8.68. The SMILES string of the molecule is CCCCCN(Cc1ccc(C#CCO)cc1)C(C)C. The van der Waals surface area contributed by atoms with E-state index in [2.05, 4.69) is 49.6 Å². The summed E-state index contributed by atoms with van der Waals surface area (Å²) in [4.78, 5) is 2.52. The quantitative estimate of drug-likeness (QED) is 0.608. The molecule has 0 spiro atoms. The normalized spacial score (nSPS) is 10.7. The number of unbranched alkanes of at least 4 members (excludes halogenated alkanes) is 2. The predicted molar refractivity (Wildman–Crippen MR) is 85.5 cm³/mol. The maximum atomic E-state index is 8.68. The lowest BCUT2D eigenvalue weighted by Crippen LogP contribution is -2.31. The number of benzene rings is 1. The number of hydrogen-bond donors (Lipinski definition) is 1. The largest absolute Gasteiger partial charge is 0.384 e. The molecule has 0 saturated heterocycles. The first-order chi connectivity index (χ1) is 9.67. The van der Waals surface area contributed by atoms with E-state index in [1.165, 1.54) is 24.8 Å². The molecule has 0 fully saturated rings. The summed E-state index contributed by atoms with van der Waals surface area (Å²) >= 11 is 0. The molecule has 0 atom stereocenters. The van der Waals surface area contributed by atoms with Gasteiger partial charge >= 0.3 is 0 Å². The van der Waals surface area contributed by atoms with Gasteiger partial charge < -0.3 is 5.11 Å². The zero-order valence-electron chi connectivity index (χ0n) is 13.0. The highest BCUT2D eigenvalue weighted by atomic mass is 16.2. The van der Waals surface area contributed by atoms with Crippen LogP contribution in [-0.2, 0) is 6.54 Å². The molecule has 0 unspecified atom stereocenters. The number of aliphatic hydroxyl groups is 1. The molecule has 1 aromatic carbocycles. The van der Waals surface area contributed by atoms with Gasteiger partial charge in [0.15, 0.2) is 0 Å². The standard InChI is InChI=1S/C18H27NO/c1-4-5-6-13-19(16(2)3)15-18-11-9-17(10-12-18)8-7-14-20/h9-12,16,20H,4-6,13-15H2,1-3H3. The van der Waals surface area contributed by atoms with E-state index in [4.69, 9.17) is 5.11 Å². The molecule has 1 N–H and O–H groups in total. The van der Waals surface area contributed by atoms with Crippen molar-refractivity contribution in [3.05, 3.63) is 35.4 Å². The zero-order valence-corrected chi connectivity index (χ0v) is 13.0. The van der Waals surface area contributed by atoms with Crippen LogP contribution >= 0.6 is 0 Å². The van der Waals surface area contributed by atoms with E-state index in [0.717, 1.165) is 18.7 Å². The molecule has 2 nitrogen and oxygen atoms in total. The average Bonchev–Trinajstić information content (AvgIpc) is 2.45. The Morgan fingerprint density at radius 1 is 1.15 bits per heavy atom. The Balaban J connectivity index is 2.59. The highest BCUT2D eigenvalue weighted by Crippen LogP contribution is 2.11. The Morgan fingerprint density at radius 3 is 2.40 bits per heavy atom. The highest BCUT2D eigenvalue weighted by molar-refractivity contribution is 5.36. The number of aliphatic hydroxyl groups excluding tert-OH is 1. The fourth-order valence-electron chi connectivity index (χ4n) is 2.15. The third-order valence-electron chi connectivity index (χ3n) is 3.43. The van der Waals surface area contributed by atoms with Gasteiger partial charge in [-0.25, -0.2) is 0 Å². The van der Waals surface area contributed by atoms with Gasteiger partial charge in [-0.1, -0.05) is 43.7 Å². The van der Waals surface area contributed by atoms with Crippen LogP contribution in [0, 0.1) is 11.8 Å². The minimum Gasteiger partial charge on any atom is -0.384 e. The van der Waals surface area contributed by atoms with Gasteiger partial charge in [-0.15, -0.1) is 0 Å². The van der Waals surface area contributed by atoms with E-state index in [0.29, 0.717) is 6.04 Å². The third kappa shape index (κ3) is 6.23. The Hall–Kier alpha value is -1.30. The molecule has 0 bridgehead atoms. The van der Waals surface area contributed by atoms with Crippen molar-refractivity contribution in [1.29, 1.82) is 0 Å². The zero-order chi connectivity index (χ0) is 14.8. The third-order valence-corrected chi connectivity index (χ3v) is 3.43. The van der Waals surface area contributed by atoms with Crippen molar-refractivity contribution in [3.63, 3.8) is 0 Å². The van der Waals surface area contributed by atoms with Gasteiger partial charge in [0, 0.05) is 18.2 Å². The first kappa shape index (κ1) is 16.8. The number of hydrogen-bond acceptors (Lipinski definition) is 2. The molecule has 0 aliphatic rings. The Bertz CT molecular complexity index is 425. The first-order valence-corrected chi connectivity index (χ1v) is 7.60. The lowest BCUT2D eigenvalue weighted by atomic mass is 10.1. The van der Waals surface area contributed by atoms with Crippen molar-refractivity contribution in [2.75, 3.05) is 13.2 Å². The fraction of sp³-hybridized carbons (Fsp3) is 0.556. The van der Waals surface area contributed by atoms with Crippen molar-refractivity contribution >= 4 is 0 Å². The second-order valence-electron chi connectivity index (χ2n) is 5.43. The molecule has 1 aromatic rings. The van der Waals surface area contributed by atoms with Crippen molar-refractivity contribution < 1.29 is 5.11 Å². The Labute approximate surface area is 123 Å². The highest BCUT2D eigenvalue weighted by Gasteiger charge is 2.09. The summed E-state index contributed by atoms with van der Waals surface area (Å²) in [6.07, 6.45) is 3.85. The smallest absolute Gasteiger partial charge is 0.104 e. The fourth-order valence-corrected chi connectivity index (χ4v) is 2.15. The Kier molecular flexibility index (Phi) is 8.02. The van der Waals surface area contributed by atoms with Crippen LogP contribution in [0.1, 0.15) is 51.2 Å². The monoisotopic (exact) mass is 273 g/mol. The number of rotatable bonds is 7. The van der Waals surface area contributed by atoms with Crippen LogP contribution < -0.4 is 0 Å². The maximum absolute atomic E-state index is 8.68. The molecule has 2 heteroatoms. The molecule has 0 aliphatic heterocycles. The van der Waals surface area contributed by atoms with Crippen LogP contribution in [0.3, 0.4) is 0 Å². The van der Waals surface area contributed by atoms with Gasteiger partial charge in [-0.2, -0.15) is 0 Å². The molecule has 20 heavy (non-hydrogen) atoms. The van der Waals surface area contributed by atoms with E-state index in [1.807, 2.05) is 12.1 Å². The maximum Gasteiger partial charge on any atom is 0.104 e. The summed E-state index contributed by atoms with van der Waals surface area (Å²) < 4.78 is 0. The van der Waals surface area contributed by atoms with Crippen LogP contribution in [0.2, 0.25) is 0 Å². The predicted octanol–water partition coefficient (Wildman–Crippen LogP) is 3.43. The Morgan fingerprint density at radius 2 is 1.85 bits per heavy atom. The van der Waals surface area contributed by atoms with E-state index in [9.17, 15) is 0 Å². The molecule has 0 saturated carbocycles. The molecule has 0 radical (unpaired) electrons.